The van der Waals surface area contributed by atoms with Gasteiger partial charge in [0.05, 0.1) is 6.54 Å². The molecule has 0 aliphatic rings. The summed E-state index contributed by atoms with van der Waals surface area (Å²) in [6.07, 6.45) is 1.44. The van der Waals surface area contributed by atoms with Crippen molar-refractivity contribution in [3.05, 3.63) is 44.3 Å². The number of thiophene rings is 2. The van der Waals surface area contributed by atoms with Crippen molar-refractivity contribution < 1.29 is 9.90 Å². The third-order valence-corrected chi connectivity index (χ3v) is 5.36. The largest absolute Gasteiger partial charge is 0.396 e. The van der Waals surface area contributed by atoms with Crippen LogP contribution in [0.3, 0.4) is 0 Å². The average molecular weight is 353 g/mol. The summed E-state index contributed by atoms with van der Waals surface area (Å²) in [7, 11) is 0. The van der Waals surface area contributed by atoms with Crippen LogP contribution in [-0.4, -0.2) is 35.2 Å². The number of aryl methyl sites for hydroxylation is 1. The van der Waals surface area contributed by atoms with E-state index in [2.05, 4.69) is 35.8 Å². The fraction of sp³-hybridized carbons (Fsp3) is 0.471. The van der Waals surface area contributed by atoms with Crippen LogP contribution >= 0.6 is 22.7 Å². The fourth-order valence-corrected chi connectivity index (χ4v) is 4.10. The second-order valence-electron chi connectivity index (χ2n) is 5.65. The molecule has 0 fully saturated rings. The number of rotatable bonds is 8. The van der Waals surface area contributed by atoms with Crippen LogP contribution < -0.4 is 5.32 Å². The van der Waals surface area contributed by atoms with Crippen molar-refractivity contribution in [2.45, 2.75) is 39.3 Å². The number of aliphatic hydroxyl groups excluding tert-OH is 1. The molecule has 2 N–H and O–H groups in total. The van der Waals surface area contributed by atoms with E-state index in [1.54, 1.807) is 27.6 Å². The molecule has 2 rings (SSSR count). The molecule has 1 atom stereocenters. The number of aliphatic hydroxyl groups is 1. The Morgan fingerprint density at radius 1 is 1.35 bits per heavy atom. The van der Waals surface area contributed by atoms with Crippen LogP contribution in [-0.2, 0) is 13.0 Å². The van der Waals surface area contributed by atoms with Crippen LogP contribution in [0.4, 0.5) is 4.79 Å². The molecular weight excluding hydrogens is 328 g/mol. The van der Waals surface area contributed by atoms with Gasteiger partial charge in [0, 0.05) is 40.2 Å². The van der Waals surface area contributed by atoms with Gasteiger partial charge in [-0.1, -0.05) is 6.07 Å². The number of hydrogen-bond donors (Lipinski definition) is 2. The van der Waals surface area contributed by atoms with Gasteiger partial charge in [0.15, 0.2) is 0 Å². The minimum Gasteiger partial charge on any atom is -0.396 e. The molecule has 0 aliphatic heterocycles. The summed E-state index contributed by atoms with van der Waals surface area (Å²) in [5.41, 5.74) is 0. The Labute approximate surface area is 145 Å². The van der Waals surface area contributed by atoms with Crippen LogP contribution in [0.5, 0.6) is 0 Å². The number of nitrogens with zero attached hydrogens (tertiary/aromatic N) is 1. The van der Waals surface area contributed by atoms with Gasteiger partial charge in [-0.25, -0.2) is 4.79 Å². The highest BCUT2D eigenvalue weighted by molar-refractivity contribution is 7.11. The molecule has 2 heterocycles. The maximum Gasteiger partial charge on any atom is 0.317 e. The van der Waals surface area contributed by atoms with Crippen LogP contribution in [0, 0.1) is 6.92 Å². The van der Waals surface area contributed by atoms with E-state index >= 15 is 0 Å². The predicted octanol–water partition coefficient (Wildman–Crippen LogP) is 3.64. The number of urea groups is 1. The molecule has 2 aromatic heterocycles. The van der Waals surface area contributed by atoms with E-state index in [-0.39, 0.29) is 18.7 Å². The Balaban J connectivity index is 1.92. The summed E-state index contributed by atoms with van der Waals surface area (Å²) >= 11 is 3.42. The molecule has 126 valence electrons. The van der Waals surface area contributed by atoms with Gasteiger partial charge in [-0.05, 0) is 43.8 Å². The number of amides is 2. The number of hydrogen-bond acceptors (Lipinski definition) is 4. The van der Waals surface area contributed by atoms with Gasteiger partial charge in [0.2, 0.25) is 0 Å². The molecule has 0 radical (unpaired) electrons. The van der Waals surface area contributed by atoms with E-state index in [0.29, 0.717) is 19.5 Å². The quantitative estimate of drug-likeness (QED) is 0.762. The molecule has 0 aliphatic carbocycles. The Hall–Kier alpha value is -1.37. The Bertz CT molecular complexity index is 596. The van der Waals surface area contributed by atoms with E-state index in [1.807, 2.05) is 13.0 Å². The highest BCUT2D eigenvalue weighted by atomic mass is 32.1. The van der Waals surface area contributed by atoms with Crippen molar-refractivity contribution in [2.24, 2.45) is 0 Å². The molecule has 0 saturated heterocycles. The lowest BCUT2D eigenvalue weighted by molar-refractivity contribution is 0.184. The van der Waals surface area contributed by atoms with Gasteiger partial charge in [0.1, 0.15) is 0 Å². The maximum absolute atomic E-state index is 12.5. The van der Waals surface area contributed by atoms with Crippen molar-refractivity contribution in [3.8, 4) is 0 Å². The van der Waals surface area contributed by atoms with Gasteiger partial charge in [0.25, 0.3) is 0 Å². The third kappa shape index (κ3) is 5.97. The fourth-order valence-electron chi connectivity index (χ4n) is 2.36. The number of carbonyl (C=O) groups excluding carboxylic acids is 1. The van der Waals surface area contributed by atoms with Crippen molar-refractivity contribution in [1.29, 1.82) is 0 Å². The minimum atomic E-state index is -0.0615. The molecule has 0 aromatic carbocycles. The number of nitrogens with one attached hydrogen (secondary N) is 1. The molecule has 23 heavy (non-hydrogen) atoms. The summed E-state index contributed by atoms with van der Waals surface area (Å²) in [6.45, 7) is 5.34. The zero-order chi connectivity index (χ0) is 16.7. The van der Waals surface area contributed by atoms with Crippen molar-refractivity contribution >= 4 is 28.7 Å². The average Bonchev–Trinajstić information content (AvgIpc) is 3.15. The van der Waals surface area contributed by atoms with Crippen molar-refractivity contribution in [2.75, 3.05) is 13.2 Å². The Morgan fingerprint density at radius 3 is 2.78 bits per heavy atom. The van der Waals surface area contributed by atoms with Crippen LogP contribution in [0.2, 0.25) is 0 Å². The second kappa shape index (κ2) is 9.05. The smallest absolute Gasteiger partial charge is 0.317 e. The molecule has 1 unspecified atom stereocenters. The van der Waals surface area contributed by atoms with E-state index in [1.165, 1.54) is 14.6 Å². The summed E-state index contributed by atoms with van der Waals surface area (Å²) in [5, 5.41) is 14.2. The molecule has 6 heteroatoms. The van der Waals surface area contributed by atoms with Crippen LogP contribution in [0.25, 0.3) is 0 Å². The summed E-state index contributed by atoms with van der Waals surface area (Å²) in [5.74, 6) is 0. The lowest BCUT2D eigenvalue weighted by Crippen LogP contribution is -2.44. The first-order valence-electron chi connectivity index (χ1n) is 7.82. The predicted molar refractivity (Wildman–Crippen MR) is 97.2 cm³/mol. The van der Waals surface area contributed by atoms with E-state index < -0.39 is 0 Å². The molecule has 2 amide bonds. The summed E-state index contributed by atoms with van der Waals surface area (Å²) in [4.78, 5) is 18.0. The highest BCUT2D eigenvalue weighted by Crippen LogP contribution is 2.17. The topological polar surface area (TPSA) is 52.6 Å². The monoisotopic (exact) mass is 352 g/mol. The van der Waals surface area contributed by atoms with Crippen LogP contribution in [0.15, 0.2) is 29.6 Å². The lowest BCUT2D eigenvalue weighted by atomic mass is 10.2. The Morgan fingerprint density at radius 2 is 2.17 bits per heavy atom. The van der Waals surface area contributed by atoms with Gasteiger partial charge >= 0.3 is 6.03 Å². The van der Waals surface area contributed by atoms with Crippen molar-refractivity contribution in [3.63, 3.8) is 0 Å². The van der Waals surface area contributed by atoms with Gasteiger partial charge < -0.3 is 15.3 Å². The van der Waals surface area contributed by atoms with Gasteiger partial charge in [-0.3, -0.25) is 0 Å². The maximum atomic E-state index is 12.5. The SMILES string of the molecule is Cc1ccc(CN(CCCO)C(=O)NC(C)Cc2cccs2)s1. The van der Waals surface area contributed by atoms with Crippen molar-refractivity contribution in [1.82, 2.24) is 10.2 Å². The number of carbonyl (C=O) groups is 1. The minimum absolute atomic E-state index is 0.0615. The molecule has 4 nitrogen and oxygen atoms in total. The zero-order valence-electron chi connectivity index (χ0n) is 13.6. The first kappa shape index (κ1) is 18.0. The third-order valence-electron chi connectivity index (χ3n) is 3.47. The van der Waals surface area contributed by atoms with E-state index in [9.17, 15) is 4.79 Å². The molecule has 0 bridgehead atoms. The summed E-state index contributed by atoms with van der Waals surface area (Å²) < 4.78 is 0. The zero-order valence-corrected chi connectivity index (χ0v) is 15.3. The molecule has 0 spiro atoms. The highest BCUT2D eigenvalue weighted by Gasteiger charge is 2.17. The lowest BCUT2D eigenvalue weighted by Gasteiger charge is -2.24. The molecule has 2 aromatic rings. The first-order valence-corrected chi connectivity index (χ1v) is 9.52. The van der Waals surface area contributed by atoms with Crippen LogP contribution in [0.1, 0.15) is 28.0 Å². The van der Waals surface area contributed by atoms with E-state index in [4.69, 9.17) is 5.11 Å². The summed E-state index contributed by atoms with van der Waals surface area (Å²) in [6, 6.07) is 8.28. The normalized spacial score (nSPS) is 12.1. The Kier molecular flexibility index (Phi) is 7.08. The standard InChI is InChI=1S/C17H24N2O2S2/c1-13(11-15-5-3-10-22-15)18-17(21)19(8-4-9-20)12-16-7-6-14(2)23-16/h3,5-7,10,13,20H,4,8-9,11-12H2,1-2H3,(H,18,21). The van der Waals surface area contributed by atoms with Gasteiger partial charge in [-0.15, -0.1) is 22.7 Å². The first-order chi connectivity index (χ1) is 11.1. The van der Waals surface area contributed by atoms with Gasteiger partial charge in [-0.2, -0.15) is 0 Å². The second-order valence-corrected chi connectivity index (χ2v) is 8.05. The molecular formula is C17H24N2O2S2. The van der Waals surface area contributed by atoms with E-state index in [0.717, 1.165) is 6.42 Å². The molecule has 0 saturated carbocycles.